The first-order valence-electron chi connectivity index (χ1n) is 8.98. The number of aromatic nitrogens is 1. The lowest BCUT2D eigenvalue weighted by Gasteiger charge is -2.11. The topological polar surface area (TPSA) is 60.5 Å². The summed E-state index contributed by atoms with van der Waals surface area (Å²) in [4.78, 5) is 16.7. The van der Waals surface area contributed by atoms with E-state index < -0.39 is 0 Å². The first-order chi connectivity index (χ1) is 13.7. The molecule has 0 radical (unpaired) electrons. The van der Waals surface area contributed by atoms with E-state index in [9.17, 15) is 9.18 Å². The van der Waals surface area contributed by atoms with E-state index in [1.165, 1.54) is 17.8 Å². The van der Waals surface area contributed by atoms with E-state index in [0.29, 0.717) is 30.9 Å². The number of benzene rings is 2. The number of halogens is 1. The van der Waals surface area contributed by atoms with Gasteiger partial charge in [0.2, 0.25) is 5.88 Å². The highest BCUT2D eigenvalue weighted by Crippen LogP contribution is 2.21. The van der Waals surface area contributed by atoms with Crippen molar-refractivity contribution in [1.29, 1.82) is 0 Å². The van der Waals surface area contributed by atoms with Crippen LogP contribution < -0.4 is 10.1 Å². The van der Waals surface area contributed by atoms with Gasteiger partial charge in [-0.15, -0.1) is 0 Å². The molecule has 0 aliphatic carbocycles. The fourth-order valence-electron chi connectivity index (χ4n) is 3.05. The van der Waals surface area contributed by atoms with Crippen LogP contribution in [0.2, 0.25) is 0 Å². The minimum atomic E-state index is -0.356. The summed E-state index contributed by atoms with van der Waals surface area (Å²) in [6.07, 6.45) is 1.54. The largest absolute Gasteiger partial charge is 0.472 e. The van der Waals surface area contributed by atoms with Crippen LogP contribution in [0.4, 0.5) is 4.39 Å². The minimum Gasteiger partial charge on any atom is -0.472 e. The molecule has 0 atom stereocenters. The summed E-state index contributed by atoms with van der Waals surface area (Å²) in [5.41, 5.74) is 4.05. The molecular weight excluding hydrogens is 359 g/mol. The van der Waals surface area contributed by atoms with Crippen molar-refractivity contribution in [1.82, 2.24) is 10.3 Å². The molecule has 5 nitrogen and oxygen atoms in total. The third-order valence-electron chi connectivity index (χ3n) is 4.58. The average Bonchev–Trinajstić information content (AvgIpc) is 3.19. The van der Waals surface area contributed by atoms with Gasteiger partial charge in [-0.2, -0.15) is 0 Å². The van der Waals surface area contributed by atoms with E-state index in [0.717, 1.165) is 11.1 Å². The third kappa shape index (κ3) is 4.02. The molecule has 2 heterocycles. The molecule has 1 amide bonds. The highest BCUT2D eigenvalue weighted by Gasteiger charge is 2.15. The molecule has 0 saturated carbocycles. The Bertz CT molecular complexity index is 1010. The van der Waals surface area contributed by atoms with Gasteiger partial charge < -0.3 is 14.8 Å². The standard InChI is InChI=1S/C22H19FN2O3/c23-20-6-2-1-4-17(20)14-28-22-19(5-3-9-24-22)21(26)25-11-15-7-8-16-12-27-13-18(16)10-15/h1-10H,11-14H2,(H,25,26). The molecular formula is C22H19FN2O3. The Kier molecular flexibility index (Phi) is 5.30. The number of carbonyl (C=O) groups is 1. The fourth-order valence-corrected chi connectivity index (χ4v) is 3.05. The van der Waals surface area contributed by atoms with Crippen molar-refractivity contribution < 1.29 is 18.7 Å². The van der Waals surface area contributed by atoms with Crippen LogP contribution in [-0.2, 0) is 31.1 Å². The van der Waals surface area contributed by atoms with Crippen molar-refractivity contribution in [2.45, 2.75) is 26.4 Å². The summed E-state index contributed by atoms with van der Waals surface area (Å²) in [5.74, 6) is -0.482. The predicted molar refractivity (Wildman–Crippen MR) is 101 cm³/mol. The summed E-state index contributed by atoms with van der Waals surface area (Å²) in [6.45, 7) is 1.62. The molecule has 28 heavy (non-hydrogen) atoms. The number of ether oxygens (including phenoxy) is 2. The van der Waals surface area contributed by atoms with Crippen molar-refractivity contribution in [2.24, 2.45) is 0 Å². The minimum absolute atomic E-state index is 0.00517. The lowest BCUT2D eigenvalue weighted by atomic mass is 10.1. The number of hydrogen-bond donors (Lipinski definition) is 1. The fraction of sp³-hybridized carbons (Fsp3) is 0.182. The number of amides is 1. The van der Waals surface area contributed by atoms with Gasteiger partial charge in [-0.25, -0.2) is 9.37 Å². The zero-order valence-electron chi connectivity index (χ0n) is 15.2. The number of rotatable bonds is 6. The van der Waals surface area contributed by atoms with Crippen molar-refractivity contribution in [3.63, 3.8) is 0 Å². The van der Waals surface area contributed by atoms with Crippen LogP contribution in [0.5, 0.6) is 5.88 Å². The summed E-state index contributed by atoms with van der Waals surface area (Å²) in [7, 11) is 0. The molecule has 1 aliphatic rings. The van der Waals surface area contributed by atoms with Crippen molar-refractivity contribution in [3.8, 4) is 5.88 Å². The highest BCUT2D eigenvalue weighted by molar-refractivity contribution is 5.96. The summed E-state index contributed by atoms with van der Waals surface area (Å²) in [6, 6.07) is 15.7. The van der Waals surface area contributed by atoms with Crippen LogP contribution in [0.1, 0.15) is 32.6 Å². The second-order valence-corrected chi connectivity index (χ2v) is 6.51. The predicted octanol–water partition coefficient (Wildman–Crippen LogP) is 3.76. The Balaban J connectivity index is 1.42. The van der Waals surface area contributed by atoms with E-state index in [-0.39, 0.29) is 24.2 Å². The van der Waals surface area contributed by atoms with Crippen molar-refractivity contribution >= 4 is 5.91 Å². The number of nitrogens with one attached hydrogen (secondary N) is 1. The smallest absolute Gasteiger partial charge is 0.257 e. The molecule has 142 valence electrons. The first kappa shape index (κ1) is 18.1. The van der Waals surface area contributed by atoms with Gasteiger partial charge in [-0.1, -0.05) is 36.4 Å². The molecule has 1 aliphatic heterocycles. The van der Waals surface area contributed by atoms with E-state index in [4.69, 9.17) is 9.47 Å². The maximum absolute atomic E-state index is 13.8. The third-order valence-corrected chi connectivity index (χ3v) is 4.58. The Morgan fingerprint density at radius 2 is 1.96 bits per heavy atom. The molecule has 0 unspecified atom stereocenters. The normalized spacial score (nSPS) is 12.5. The Morgan fingerprint density at radius 1 is 1.11 bits per heavy atom. The molecule has 2 aromatic carbocycles. The van der Waals surface area contributed by atoms with E-state index in [2.05, 4.69) is 10.3 Å². The highest BCUT2D eigenvalue weighted by atomic mass is 19.1. The second-order valence-electron chi connectivity index (χ2n) is 6.51. The van der Waals surface area contributed by atoms with E-state index >= 15 is 0 Å². The van der Waals surface area contributed by atoms with Crippen LogP contribution in [0.25, 0.3) is 0 Å². The average molecular weight is 378 g/mol. The van der Waals surface area contributed by atoms with Crippen molar-refractivity contribution in [3.05, 3.63) is 94.4 Å². The van der Waals surface area contributed by atoms with Crippen LogP contribution in [0.15, 0.2) is 60.8 Å². The molecule has 1 N–H and O–H groups in total. The van der Waals surface area contributed by atoms with Gasteiger partial charge in [-0.3, -0.25) is 4.79 Å². The van der Waals surface area contributed by atoms with Gasteiger partial charge in [0.15, 0.2) is 0 Å². The quantitative estimate of drug-likeness (QED) is 0.710. The van der Waals surface area contributed by atoms with Crippen LogP contribution >= 0.6 is 0 Å². The molecule has 1 aromatic heterocycles. The van der Waals surface area contributed by atoms with Gasteiger partial charge in [0, 0.05) is 18.3 Å². The maximum atomic E-state index is 13.8. The molecule has 0 fully saturated rings. The van der Waals surface area contributed by atoms with Crippen molar-refractivity contribution in [2.75, 3.05) is 0 Å². The first-order valence-corrected chi connectivity index (χ1v) is 8.98. The van der Waals surface area contributed by atoms with E-state index in [1.54, 1.807) is 30.3 Å². The number of carbonyl (C=O) groups excluding carboxylic acids is 1. The molecule has 4 rings (SSSR count). The second kappa shape index (κ2) is 8.19. The van der Waals surface area contributed by atoms with Gasteiger partial charge in [0.05, 0.1) is 13.2 Å². The Morgan fingerprint density at radius 3 is 2.86 bits per heavy atom. The van der Waals surface area contributed by atoms with Gasteiger partial charge in [0.1, 0.15) is 18.0 Å². The number of fused-ring (bicyclic) bond motifs is 1. The summed E-state index contributed by atoms with van der Waals surface area (Å²) >= 11 is 0. The SMILES string of the molecule is O=C(NCc1ccc2c(c1)COC2)c1cccnc1OCc1ccccc1F. The molecule has 3 aromatic rings. The zero-order valence-corrected chi connectivity index (χ0v) is 15.2. The lowest BCUT2D eigenvalue weighted by Crippen LogP contribution is -2.24. The molecule has 6 heteroatoms. The molecule has 0 bridgehead atoms. The van der Waals surface area contributed by atoms with Crippen LogP contribution in [-0.4, -0.2) is 10.9 Å². The maximum Gasteiger partial charge on any atom is 0.257 e. The number of pyridine rings is 1. The molecule has 0 saturated heterocycles. The van der Waals surface area contributed by atoms with Crippen LogP contribution in [0.3, 0.4) is 0 Å². The van der Waals surface area contributed by atoms with E-state index in [1.807, 2.05) is 18.2 Å². The monoisotopic (exact) mass is 378 g/mol. The Hall–Kier alpha value is -3.25. The summed E-state index contributed by atoms with van der Waals surface area (Å²) in [5, 5.41) is 2.88. The lowest BCUT2D eigenvalue weighted by molar-refractivity contribution is 0.0945. The zero-order chi connectivity index (χ0) is 19.3. The summed E-state index contributed by atoms with van der Waals surface area (Å²) < 4.78 is 24.8. The van der Waals surface area contributed by atoms with Gasteiger partial charge in [-0.05, 0) is 34.9 Å². The number of hydrogen-bond acceptors (Lipinski definition) is 4. The Labute approximate surface area is 162 Å². The van der Waals surface area contributed by atoms with Gasteiger partial charge >= 0.3 is 0 Å². The molecule has 0 spiro atoms. The number of nitrogens with zero attached hydrogens (tertiary/aromatic N) is 1. The van der Waals surface area contributed by atoms with Gasteiger partial charge in [0.25, 0.3) is 5.91 Å². The van der Waals surface area contributed by atoms with Crippen LogP contribution in [0, 0.1) is 5.82 Å².